The molecule has 3 saturated heterocycles. The van der Waals surface area contributed by atoms with E-state index in [9.17, 15) is 9.59 Å². The van der Waals surface area contributed by atoms with Crippen molar-refractivity contribution in [3.05, 3.63) is 0 Å². The number of methoxy groups -OCH3 is 1. The van der Waals surface area contributed by atoms with Gasteiger partial charge in [-0.15, -0.1) is 0 Å². The molecule has 0 saturated carbocycles. The van der Waals surface area contributed by atoms with E-state index >= 15 is 0 Å². The van der Waals surface area contributed by atoms with E-state index in [0.717, 1.165) is 45.2 Å². The first-order valence-electron chi connectivity index (χ1n) is 10.0. The van der Waals surface area contributed by atoms with Crippen molar-refractivity contribution in [1.29, 1.82) is 0 Å². The third kappa shape index (κ3) is 4.31. The molecule has 1 atom stereocenters. The van der Waals surface area contributed by atoms with Crippen molar-refractivity contribution in [2.45, 2.75) is 38.5 Å². The molecule has 3 aliphatic rings. The lowest BCUT2D eigenvalue weighted by Gasteiger charge is -2.39. The molecule has 1 N–H and O–H groups in total. The number of piperidine rings is 1. The van der Waals surface area contributed by atoms with Gasteiger partial charge in [0.15, 0.2) is 0 Å². The van der Waals surface area contributed by atoms with Crippen LogP contribution in [0.25, 0.3) is 0 Å². The smallest absolute Gasteiger partial charge is 0.317 e. The Morgan fingerprint density at radius 3 is 2.58 bits per heavy atom. The Bertz CT molecular complexity index is 487. The molecule has 1 spiro atoms. The fourth-order valence-corrected chi connectivity index (χ4v) is 4.61. The normalized spacial score (nSPS) is 25.5. The second kappa shape index (κ2) is 9.04. The third-order valence-corrected chi connectivity index (χ3v) is 6.19. The first kappa shape index (κ1) is 19.4. The maximum atomic E-state index is 13.3. The summed E-state index contributed by atoms with van der Waals surface area (Å²) in [5.41, 5.74) is -0.114. The summed E-state index contributed by atoms with van der Waals surface area (Å²) in [6.07, 6.45) is 5.93. The highest BCUT2D eigenvalue weighted by Crippen LogP contribution is 2.45. The van der Waals surface area contributed by atoms with Gasteiger partial charge in [-0.25, -0.2) is 4.79 Å². The fraction of sp³-hybridized carbons (Fsp3) is 0.895. The Morgan fingerprint density at radius 2 is 1.88 bits per heavy atom. The monoisotopic (exact) mass is 367 g/mol. The molecule has 0 radical (unpaired) electrons. The first-order valence-corrected chi connectivity index (χ1v) is 10.0. The number of likely N-dealkylation sites (tertiary alicyclic amines) is 2. The van der Waals surface area contributed by atoms with Crippen molar-refractivity contribution in [2.24, 2.45) is 11.3 Å². The summed E-state index contributed by atoms with van der Waals surface area (Å²) in [5.74, 6) is 0.163. The molecule has 0 aromatic carbocycles. The lowest BCUT2D eigenvalue weighted by molar-refractivity contribution is -0.141. The van der Waals surface area contributed by atoms with Crippen molar-refractivity contribution in [3.8, 4) is 0 Å². The van der Waals surface area contributed by atoms with Crippen molar-refractivity contribution in [2.75, 3.05) is 59.7 Å². The molecule has 0 unspecified atom stereocenters. The maximum Gasteiger partial charge on any atom is 0.317 e. The van der Waals surface area contributed by atoms with Gasteiger partial charge in [0.2, 0.25) is 5.91 Å². The minimum absolute atomic E-state index is 0.0547. The summed E-state index contributed by atoms with van der Waals surface area (Å²) in [6, 6.07) is -0.0547. The molecular formula is C19H33N3O4. The van der Waals surface area contributed by atoms with Gasteiger partial charge in [-0.05, 0) is 38.5 Å². The van der Waals surface area contributed by atoms with Crippen LogP contribution < -0.4 is 5.32 Å². The van der Waals surface area contributed by atoms with Gasteiger partial charge in [0, 0.05) is 65.1 Å². The van der Waals surface area contributed by atoms with Crippen molar-refractivity contribution in [1.82, 2.24) is 15.1 Å². The average Bonchev–Trinajstić information content (AvgIpc) is 3.04. The van der Waals surface area contributed by atoms with E-state index in [1.165, 1.54) is 6.42 Å². The number of carbonyl (C=O) groups is 2. The molecule has 0 bridgehead atoms. The Hall–Kier alpha value is -1.34. The number of carbonyl (C=O) groups excluding carboxylic acids is 2. The molecule has 0 aromatic rings. The molecule has 0 aromatic heterocycles. The zero-order chi connectivity index (χ0) is 18.4. The fourth-order valence-electron chi connectivity index (χ4n) is 4.61. The zero-order valence-electron chi connectivity index (χ0n) is 16.0. The Balaban J connectivity index is 1.65. The summed E-state index contributed by atoms with van der Waals surface area (Å²) >= 11 is 0. The van der Waals surface area contributed by atoms with Gasteiger partial charge < -0.3 is 24.6 Å². The molecular weight excluding hydrogens is 334 g/mol. The minimum atomic E-state index is -0.114. The number of hydrogen-bond donors (Lipinski definition) is 1. The van der Waals surface area contributed by atoms with Gasteiger partial charge >= 0.3 is 6.03 Å². The predicted molar refractivity (Wildman–Crippen MR) is 97.9 cm³/mol. The second-order valence-corrected chi connectivity index (χ2v) is 7.87. The number of nitrogens with zero attached hydrogens (tertiary/aromatic N) is 2. The van der Waals surface area contributed by atoms with Gasteiger partial charge in [-0.3, -0.25) is 4.79 Å². The number of rotatable bonds is 5. The maximum absolute atomic E-state index is 13.3. The topological polar surface area (TPSA) is 71.1 Å². The van der Waals surface area contributed by atoms with E-state index in [1.54, 1.807) is 7.11 Å². The van der Waals surface area contributed by atoms with E-state index < -0.39 is 0 Å². The van der Waals surface area contributed by atoms with Crippen LogP contribution in [0.4, 0.5) is 4.79 Å². The number of urea groups is 1. The molecule has 3 heterocycles. The number of ether oxygens (including phenoxy) is 2. The van der Waals surface area contributed by atoms with E-state index in [2.05, 4.69) is 5.32 Å². The molecule has 3 fully saturated rings. The summed E-state index contributed by atoms with van der Waals surface area (Å²) in [7, 11) is 1.66. The minimum Gasteiger partial charge on any atom is -0.385 e. The first-order chi connectivity index (χ1) is 12.7. The van der Waals surface area contributed by atoms with Crippen molar-refractivity contribution < 1.29 is 19.1 Å². The molecule has 3 aliphatic heterocycles. The van der Waals surface area contributed by atoms with Crippen LogP contribution in [-0.2, 0) is 14.3 Å². The Morgan fingerprint density at radius 1 is 1.15 bits per heavy atom. The Labute approximate surface area is 156 Å². The highest BCUT2D eigenvalue weighted by molar-refractivity contribution is 5.83. The summed E-state index contributed by atoms with van der Waals surface area (Å²) < 4.78 is 10.6. The standard InChI is InChI=1S/C19H33N3O4/c1-25-11-5-8-20-18(24)22-14-16(17(23)21-9-3-2-4-10-21)19(15-22)6-12-26-13-7-19/h16H,2-15H2,1H3,(H,20,24)/t16-/m1/s1. The summed E-state index contributed by atoms with van der Waals surface area (Å²) in [4.78, 5) is 29.7. The van der Waals surface area contributed by atoms with Crippen LogP contribution in [0.2, 0.25) is 0 Å². The van der Waals surface area contributed by atoms with Gasteiger partial charge in [0.1, 0.15) is 0 Å². The van der Waals surface area contributed by atoms with Crippen LogP contribution >= 0.6 is 0 Å². The zero-order valence-corrected chi connectivity index (χ0v) is 16.0. The predicted octanol–water partition coefficient (Wildman–Crippen LogP) is 1.47. The molecule has 3 rings (SSSR count). The lowest BCUT2D eigenvalue weighted by atomic mass is 9.71. The van der Waals surface area contributed by atoms with Crippen LogP contribution in [-0.4, -0.2) is 81.4 Å². The van der Waals surface area contributed by atoms with Crippen LogP contribution in [0.5, 0.6) is 0 Å². The van der Waals surface area contributed by atoms with Crippen LogP contribution in [0, 0.1) is 11.3 Å². The van der Waals surface area contributed by atoms with Crippen LogP contribution in [0.15, 0.2) is 0 Å². The summed E-state index contributed by atoms with van der Waals surface area (Å²) in [5, 5.41) is 2.97. The van der Waals surface area contributed by atoms with E-state index in [1.807, 2.05) is 9.80 Å². The largest absolute Gasteiger partial charge is 0.385 e. The molecule has 0 aliphatic carbocycles. The van der Waals surface area contributed by atoms with Gasteiger partial charge in [-0.2, -0.15) is 0 Å². The third-order valence-electron chi connectivity index (χ3n) is 6.19. The second-order valence-electron chi connectivity index (χ2n) is 7.87. The summed E-state index contributed by atoms with van der Waals surface area (Å²) in [6.45, 7) is 5.54. The molecule has 26 heavy (non-hydrogen) atoms. The van der Waals surface area contributed by atoms with Gasteiger partial charge in [0.05, 0.1) is 5.92 Å². The van der Waals surface area contributed by atoms with E-state index in [-0.39, 0.29) is 23.3 Å². The molecule has 148 valence electrons. The highest BCUT2D eigenvalue weighted by atomic mass is 16.5. The van der Waals surface area contributed by atoms with E-state index in [4.69, 9.17) is 9.47 Å². The number of amides is 3. The van der Waals surface area contributed by atoms with Crippen molar-refractivity contribution >= 4 is 11.9 Å². The molecule has 7 nitrogen and oxygen atoms in total. The highest BCUT2D eigenvalue weighted by Gasteiger charge is 2.52. The molecule has 3 amide bonds. The van der Waals surface area contributed by atoms with E-state index in [0.29, 0.717) is 39.5 Å². The Kier molecular flexibility index (Phi) is 6.75. The number of hydrogen-bond acceptors (Lipinski definition) is 4. The lowest BCUT2D eigenvalue weighted by Crippen LogP contribution is -2.47. The average molecular weight is 367 g/mol. The van der Waals surface area contributed by atoms with Gasteiger partial charge in [0.25, 0.3) is 0 Å². The number of nitrogens with one attached hydrogen (secondary N) is 1. The van der Waals surface area contributed by atoms with Crippen LogP contribution in [0.1, 0.15) is 38.5 Å². The SMILES string of the molecule is COCCCNC(=O)N1C[C@H](C(=O)N2CCCCC2)C2(CCOCC2)C1. The quantitative estimate of drug-likeness (QED) is 0.747. The van der Waals surface area contributed by atoms with Crippen LogP contribution in [0.3, 0.4) is 0 Å². The van der Waals surface area contributed by atoms with Gasteiger partial charge in [-0.1, -0.05) is 0 Å². The van der Waals surface area contributed by atoms with Crippen molar-refractivity contribution in [3.63, 3.8) is 0 Å². The molecule has 7 heteroatoms.